The second kappa shape index (κ2) is 7.37. The Morgan fingerprint density at radius 1 is 1.25 bits per heavy atom. The van der Waals surface area contributed by atoms with Gasteiger partial charge in [-0.2, -0.15) is 0 Å². The van der Waals surface area contributed by atoms with E-state index in [1.165, 1.54) is 11.8 Å². The van der Waals surface area contributed by atoms with E-state index in [4.69, 9.17) is 15.5 Å². The van der Waals surface area contributed by atoms with E-state index in [0.717, 1.165) is 16.9 Å². The number of ether oxygens (including phenoxy) is 1. The van der Waals surface area contributed by atoms with Gasteiger partial charge in [-0.05, 0) is 32.0 Å². The number of aromatic nitrogens is 3. The molecule has 0 saturated heterocycles. The van der Waals surface area contributed by atoms with Gasteiger partial charge in [0.05, 0.1) is 29.0 Å². The third kappa shape index (κ3) is 4.07. The molecule has 1 amide bonds. The molecule has 0 bridgehead atoms. The molecular weight excluding hydrogens is 374 g/mol. The first-order valence-electron chi connectivity index (χ1n) is 8.97. The van der Waals surface area contributed by atoms with E-state index in [0.29, 0.717) is 35.0 Å². The van der Waals surface area contributed by atoms with Crippen LogP contribution in [0.1, 0.15) is 25.1 Å². The first kappa shape index (κ1) is 18.6. The standard InChI is InChI=1S/C20H21N5O2S/c1-20(2)9-15-12(10-27-20)8-14-17(21)24-19(25-18(14)23-15)28-11-16(26)22-13-6-4-3-5-7-13/h3-8H,9-11H2,1-2H3,(H,22,26)(H2,21,23,24,25). The van der Waals surface area contributed by atoms with Gasteiger partial charge in [0, 0.05) is 17.7 Å². The monoisotopic (exact) mass is 395 g/mol. The Kier molecular flexibility index (Phi) is 4.91. The molecule has 3 N–H and O–H groups in total. The van der Waals surface area contributed by atoms with Gasteiger partial charge in [0.25, 0.3) is 0 Å². The molecule has 4 rings (SSSR count). The smallest absolute Gasteiger partial charge is 0.234 e. The third-order valence-electron chi connectivity index (χ3n) is 4.47. The van der Waals surface area contributed by atoms with E-state index in [1.54, 1.807) is 0 Å². The van der Waals surface area contributed by atoms with Crippen molar-refractivity contribution in [1.82, 2.24) is 15.0 Å². The van der Waals surface area contributed by atoms with Crippen LogP contribution < -0.4 is 11.1 Å². The van der Waals surface area contributed by atoms with Gasteiger partial charge >= 0.3 is 0 Å². The Balaban J connectivity index is 1.52. The van der Waals surface area contributed by atoms with Crippen LogP contribution in [-0.2, 0) is 22.6 Å². The summed E-state index contributed by atoms with van der Waals surface area (Å²) in [6.45, 7) is 4.59. The number of para-hydroxylation sites is 1. The number of nitrogen functional groups attached to an aromatic ring is 1. The summed E-state index contributed by atoms with van der Waals surface area (Å²) in [6.07, 6.45) is 0.712. The van der Waals surface area contributed by atoms with Crippen molar-refractivity contribution in [3.63, 3.8) is 0 Å². The number of benzene rings is 1. The van der Waals surface area contributed by atoms with Gasteiger partial charge < -0.3 is 15.8 Å². The molecule has 28 heavy (non-hydrogen) atoms. The van der Waals surface area contributed by atoms with Crippen LogP contribution in [0, 0.1) is 0 Å². The van der Waals surface area contributed by atoms with E-state index in [1.807, 2.05) is 50.2 Å². The van der Waals surface area contributed by atoms with Crippen molar-refractivity contribution in [2.24, 2.45) is 0 Å². The number of nitrogens with two attached hydrogens (primary N) is 1. The average molecular weight is 395 g/mol. The SMILES string of the molecule is CC1(C)Cc2nc3nc(SCC(=O)Nc4ccccc4)nc(N)c3cc2CO1. The van der Waals surface area contributed by atoms with Crippen LogP contribution in [0.2, 0.25) is 0 Å². The number of nitrogens with zero attached hydrogens (tertiary/aromatic N) is 3. The average Bonchev–Trinajstić information content (AvgIpc) is 2.65. The molecule has 1 aliphatic heterocycles. The quantitative estimate of drug-likeness (QED) is 0.516. The van der Waals surface area contributed by atoms with Crippen LogP contribution in [0.5, 0.6) is 0 Å². The van der Waals surface area contributed by atoms with Crippen molar-refractivity contribution in [1.29, 1.82) is 0 Å². The fourth-order valence-corrected chi connectivity index (χ4v) is 3.70. The van der Waals surface area contributed by atoms with Gasteiger partial charge in [0.1, 0.15) is 5.82 Å². The molecule has 3 heterocycles. The number of hydrogen-bond acceptors (Lipinski definition) is 7. The summed E-state index contributed by atoms with van der Waals surface area (Å²) in [5, 5.41) is 3.98. The summed E-state index contributed by atoms with van der Waals surface area (Å²) in [4.78, 5) is 25.7. The second-order valence-electron chi connectivity index (χ2n) is 7.28. The van der Waals surface area contributed by atoms with Crippen LogP contribution in [0.25, 0.3) is 11.0 Å². The number of thioether (sulfide) groups is 1. The summed E-state index contributed by atoms with van der Waals surface area (Å²) in [6, 6.07) is 11.3. The Hall–Kier alpha value is -2.71. The number of carbonyl (C=O) groups is 1. The molecule has 1 aliphatic rings. The maximum atomic E-state index is 12.1. The first-order chi connectivity index (χ1) is 13.4. The molecule has 3 aromatic rings. The van der Waals surface area contributed by atoms with E-state index in [2.05, 4.69) is 15.3 Å². The summed E-state index contributed by atoms with van der Waals surface area (Å²) in [7, 11) is 0. The number of hydrogen-bond donors (Lipinski definition) is 2. The highest BCUT2D eigenvalue weighted by Gasteiger charge is 2.28. The molecule has 7 nitrogen and oxygen atoms in total. The normalized spacial score (nSPS) is 15.2. The number of anilines is 2. The van der Waals surface area contributed by atoms with Crippen molar-refractivity contribution in [2.45, 2.75) is 37.6 Å². The molecular formula is C20H21N5O2S. The van der Waals surface area contributed by atoms with Crippen molar-refractivity contribution >= 4 is 40.2 Å². The van der Waals surface area contributed by atoms with Crippen molar-refractivity contribution in [3.05, 3.63) is 47.7 Å². The lowest BCUT2D eigenvalue weighted by atomic mass is 9.95. The Morgan fingerprint density at radius 2 is 2.04 bits per heavy atom. The molecule has 0 aliphatic carbocycles. The topological polar surface area (TPSA) is 103 Å². The summed E-state index contributed by atoms with van der Waals surface area (Å²) < 4.78 is 5.85. The molecule has 0 atom stereocenters. The molecule has 0 saturated carbocycles. The van der Waals surface area contributed by atoms with E-state index < -0.39 is 0 Å². The highest BCUT2D eigenvalue weighted by molar-refractivity contribution is 7.99. The Bertz CT molecular complexity index is 1040. The van der Waals surface area contributed by atoms with Crippen LogP contribution >= 0.6 is 11.8 Å². The Morgan fingerprint density at radius 3 is 2.82 bits per heavy atom. The second-order valence-corrected chi connectivity index (χ2v) is 8.23. The number of fused-ring (bicyclic) bond motifs is 2. The van der Waals surface area contributed by atoms with E-state index in [-0.39, 0.29) is 17.3 Å². The summed E-state index contributed by atoms with van der Waals surface area (Å²) in [5.74, 6) is 0.415. The van der Waals surface area contributed by atoms with Crippen LogP contribution in [0.15, 0.2) is 41.6 Å². The minimum atomic E-state index is -0.251. The van der Waals surface area contributed by atoms with Crippen molar-refractivity contribution in [3.8, 4) is 0 Å². The minimum Gasteiger partial charge on any atom is -0.383 e. The molecule has 0 unspecified atom stereocenters. The highest BCUT2D eigenvalue weighted by atomic mass is 32.2. The van der Waals surface area contributed by atoms with Gasteiger partial charge in [-0.1, -0.05) is 30.0 Å². The van der Waals surface area contributed by atoms with Gasteiger partial charge in [0.2, 0.25) is 5.91 Å². The number of nitrogens with one attached hydrogen (secondary N) is 1. The van der Waals surface area contributed by atoms with Crippen LogP contribution in [-0.4, -0.2) is 32.2 Å². The zero-order valence-electron chi connectivity index (χ0n) is 15.7. The lowest BCUT2D eigenvalue weighted by Gasteiger charge is -2.31. The molecule has 144 valence electrons. The molecule has 0 fully saturated rings. The van der Waals surface area contributed by atoms with Gasteiger partial charge in [-0.25, -0.2) is 15.0 Å². The van der Waals surface area contributed by atoms with Crippen molar-refractivity contribution < 1.29 is 9.53 Å². The molecule has 8 heteroatoms. The maximum Gasteiger partial charge on any atom is 0.234 e. The van der Waals surface area contributed by atoms with E-state index in [9.17, 15) is 4.79 Å². The largest absolute Gasteiger partial charge is 0.383 e. The molecule has 2 aromatic heterocycles. The molecule has 0 spiro atoms. The number of pyridine rings is 1. The third-order valence-corrected chi connectivity index (χ3v) is 5.31. The lowest BCUT2D eigenvalue weighted by molar-refractivity contribution is -0.113. The zero-order chi connectivity index (χ0) is 19.7. The minimum absolute atomic E-state index is 0.129. The molecule has 1 aromatic carbocycles. The summed E-state index contributed by atoms with van der Waals surface area (Å²) >= 11 is 1.24. The lowest BCUT2D eigenvalue weighted by Crippen LogP contribution is -2.32. The predicted octanol–water partition coefficient (Wildman–Crippen LogP) is 3.19. The fourth-order valence-electron chi connectivity index (χ4n) is 3.05. The fraction of sp³-hybridized carbons (Fsp3) is 0.300. The predicted molar refractivity (Wildman–Crippen MR) is 110 cm³/mol. The maximum absolute atomic E-state index is 12.1. The number of amides is 1. The van der Waals surface area contributed by atoms with Gasteiger partial charge in [-0.3, -0.25) is 4.79 Å². The number of rotatable bonds is 4. The number of carbonyl (C=O) groups excluding carboxylic acids is 1. The van der Waals surface area contributed by atoms with E-state index >= 15 is 0 Å². The first-order valence-corrected chi connectivity index (χ1v) is 9.96. The van der Waals surface area contributed by atoms with Gasteiger partial charge in [-0.15, -0.1) is 0 Å². The molecule has 0 radical (unpaired) electrons. The highest BCUT2D eigenvalue weighted by Crippen LogP contribution is 2.30. The summed E-state index contributed by atoms with van der Waals surface area (Å²) in [5.41, 5.74) is 9.17. The zero-order valence-corrected chi connectivity index (χ0v) is 16.5. The van der Waals surface area contributed by atoms with Gasteiger partial charge in [0.15, 0.2) is 10.8 Å². The Labute approximate surface area is 167 Å². The van der Waals surface area contributed by atoms with Crippen LogP contribution in [0.4, 0.5) is 11.5 Å². The van der Waals surface area contributed by atoms with Crippen LogP contribution in [0.3, 0.4) is 0 Å². The van der Waals surface area contributed by atoms with Crippen molar-refractivity contribution in [2.75, 3.05) is 16.8 Å².